The van der Waals surface area contributed by atoms with E-state index in [4.69, 9.17) is 28.5 Å². The molecule has 9 heteroatoms. The number of hydrogen-bond acceptors (Lipinski definition) is 6. The molecule has 0 spiro atoms. The highest BCUT2D eigenvalue weighted by molar-refractivity contribution is 6.84. The third kappa shape index (κ3) is 7.39. The topological polar surface area (TPSA) is 89.0 Å². The van der Waals surface area contributed by atoms with Crippen molar-refractivity contribution in [3.8, 4) is 11.5 Å². The summed E-state index contributed by atoms with van der Waals surface area (Å²) in [6, 6.07) is 14.7. The van der Waals surface area contributed by atoms with E-state index in [0.29, 0.717) is 11.4 Å². The maximum absolute atomic E-state index is 6.39. The monoisotopic (exact) mass is 422 g/mol. The number of anilines is 2. The predicted molar refractivity (Wildman–Crippen MR) is 118 cm³/mol. The maximum atomic E-state index is 6.39. The Labute approximate surface area is 165 Å². The molecule has 2 rings (SSSR count). The molecule has 0 fully saturated rings. The van der Waals surface area contributed by atoms with E-state index in [1.807, 2.05) is 87.8 Å². The van der Waals surface area contributed by atoms with Crippen LogP contribution >= 0.6 is 0 Å². The van der Waals surface area contributed by atoms with Gasteiger partial charge in [0.1, 0.15) is 11.5 Å². The Kier molecular flexibility index (Phi) is 6.43. The first-order valence-electron chi connectivity index (χ1n) is 8.85. The Balaban J connectivity index is 2.00. The largest absolute Gasteiger partial charge is 0.521 e. The summed E-state index contributed by atoms with van der Waals surface area (Å²) in [6.07, 6.45) is 0. The molecule has 27 heavy (non-hydrogen) atoms. The molecule has 2 aromatic carbocycles. The summed E-state index contributed by atoms with van der Waals surface area (Å²) in [5.41, 5.74) is 12.9. The molecular weight excluding hydrogens is 392 g/mol. The van der Waals surface area contributed by atoms with Gasteiger partial charge in [0.15, 0.2) is 0 Å². The third-order valence-corrected chi connectivity index (χ3v) is 12.8. The van der Waals surface area contributed by atoms with Crippen molar-refractivity contribution in [3.63, 3.8) is 0 Å². The minimum Gasteiger partial charge on any atom is -0.521 e. The van der Waals surface area contributed by atoms with Gasteiger partial charge in [0.05, 0.1) is 0 Å². The van der Waals surface area contributed by atoms with Crippen LogP contribution in [0, 0.1) is 0 Å². The van der Waals surface area contributed by atoms with Crippen molar-refractivity contribution in [3.05, 3.63) is 48.5 Å². The van der Waals surface area contributed by atoms with Crippen LogP contribution in [0.5, 0.6) is 11.5 Å². The van der Waals surface area contributed by atoms with Crippen molar-refractivity contribution in [2.45, 2.75) is 39.3 Å². The molecule has 0 heterocycles. The van der Waals surface area contributed by atoms with Crippen LogP contribution in [0.2, 0.25) is 39.3 Å². The van der Waals surface area contributed by atoms with Gasteiger partial charge in [-0.15, -0.1) is 0 Å². The lowest BCUT2D eigenvalue weighted by molar-refractivity contribution is 0.302. The van der Waals surface area contributed by atoms with E-state index in [-0.39, 0.29) is 0 Å². The van der Waals surface area contributed by atoms with E-state index in [1.54, 1.807) is 0 Å². The molecule has 0 bridgehead atoms. The van der Waals surface area contributed by atoms with E-state index in [1.165, 1.54) is 0 Å². The SMILES string of the molecule is C[Si](C)(Oc1ccc(N)cc1)O[Si](C)(C)O[Si](C)(C)Oc1ccc(N)cc1. The summed E-state index contributed by atoms with van der Waals surface area (Å²) >= 11 is 0. The first-order valence-corrected chi connectivity index (χ1v) is 17.3. The number of rotatable bonds is 8. The predicted octanol–water partition coefficient (Wildman–Crippen LogP) is 4.45. The average molecular weight is 423 g/mol. The summed E-state index contributed by atoms with van der Waals surface area (Å²) in [5, 5.41) is 0. The maximum Gasteiger partial charge on any atom is 0.383 e. The lowest BCUT2D eigenvalue weighted by Crippen LogP contribution is -2.56. The normalized spacial score (nSPS) is 12.7. The lowest BCUT2D eigenvalue weighted by atomic mass is 10.3. The smallest absolute Gasteiger partial charge is 0.383 e. The zero-order valence-electron chi connectivity index (χ0n) is 16.9. The Morgan fingerprint density at radius 2 is 0.815 bits per heavy atom. The number of nitrogen functional groups attached to an aromatic ring is 2. The van der Waals surface area contributed by atoms with Gasteiger partial charge in [0.25, 0.3) is 0 Å². The third-order valence-electron chi connectivity index (χ3n) is 3.47. The van der Waals surface area contributed by atoms with Gasteiger partial charge in [-0.3, -0.25) is 0 Å². The number of benzene rings is 2. The minimum absolute atomic E-state index is 0.702. The highest BCUT2D eigenvalue weighted by Gasteiger charge is 2.43. The van der Waals surface area contributed by atoms with Crippen molar-refractivity contribution < 1.29 is 17.1 Å². The quantitative estimate of drug-likeness (QED) is 0.483. The second kappa shape index (κ2) is 8.07. The zero-order chi connectivity index (χ0) is 20.3. The molecule has 0 radical (unpaired) electrons. The summed E-state index contributed by atoms with van der Waals surface area (Å²) in [6.45, 7) is 12.1. The summed E-state index contributed by atoms with van der Waals surface area (Å²) in [4.78, 5) is 0. The molecule has 6 nitrogen and oxygen atoms in total. The van der Waals surface area contributed by atoms with Gasteiger partial charge in [0, 0.05) is 11.4 Å². The van der Waals surface area contributed by atoms with E-state index in [0.717, 1.165) is 11.5 Å². The summed E-state index contributed by atoms with van der Waals surface area (Å²) in [5.74, 6) is 1.50. The average Bonchev–Trinajstić information content (AvgIpc) is 2.49. The Morgan fingerprint density at radius 3 is 1.11 bits per heavy atom. The molecule has 148 valence electrons. The first-order chi connectivity index (χ1) is 12.4. The lowest BCUT2D eigenvalue weighted by Gasteiger charge is -2.37. The number of nitrogens with two attached hydrogens (primary N) is 2. The molecular formula is C18H30N2O4Si3. The van der Waals surface area contributed by atoms with Crippen LogP contribution in [-0.4, -0.2) is 25.7 Å². The molecule has 0 atom stereocenters. The van der Waals surface area contributed by atoms with Crippen LogP contribution in [0.15, 0.2) is 48.5 Å². The molecule has 0 saturated carbocycles. The highest BCUT2D eigenvalue weighted by atomic mass is 28.5. The van der Waals surface area contributed by atoms with Crippen LogP contribution < -0.4 is 20.3 Å². The van der Waals surface area contributed by atoms with E-state index in [2.05, 4.69) is 0 Å². The van der Waals surface area contributed by atoms with Crippen molar-refractivity contribution in [1.29, 1.82) is 0 Å². The first kappa shape index (κ1) is 21.5. The van der Waals surface area contributed by atoms with Crippen LogP contribution in [0.1, 0.15) is 0 Å². The van der Waals surface area contributed by atoms with Crippen LogP contribution in [0.4, 0.5) is 11.4 Å². The minimum atomic E-state index is -2.48. The highest BCUT2D eigenvalue weighted by Crippen LogP contribution is 2.26. The molecule has 0 aliphatic rings. The Hall–Kier alpha value is -1.79. The van der Waals surface area contributed by atoms with Crippen molar-refractivity contribution in [1.82, 2.24) is 0 Å². The van der Waals surface area contributed by atoms with Crippen molar-refractivity contribution >= 4 is 37.1 Å². The van der Waals surface area contributed by atoms with Gasteiger partial charge in [-0.2, -0.15) is 0 Å². The van der Waals surface area contributed by atoms with Gasteiger partial charge in [-0.1, -0.05) is 0 Å². The van der Waals surface area contributed by atoms with Crippen LogP contribution in [0.3, 0.4) is 0 Å². The molecule has 0 amide bonds. The number of hydrogen-bond donors (Lipinski definition) is 2. The molecule has 0 aliphatic heterocycles. The molecule has 4 N–H and O–H groups in total. The van der Waals surface area contributed by atoms with Crippen molar-refractivity contribution in [2.75, 3.05) is 11.5 Å². The Bertz CT molecular complexity index is 687. The zero-order valence-corrected chi connectivity index (χ0v) is 19.9. The molecule has 0 aromatic heterocycles. The van der Waals surface area contributed by atoms with E-state index >= 15 is 0 Å². The summed E-state index contributed by atoms with van der Waals surface area (Å²) in [7, 11) is -7.38. The van der Waals surface area contributed by atoms with Gasteiger partial charge < -0.3 is 28.5 Å². The molecule has 0 unspecified atom stereocenters. The second-order valence-electron chi connectivity index (χ2n) is 7.75. The van der Waals surface area contributed by atoms with Gasteiger partial charge >= 0.3 is 25.7 Å². The van der Waals surface area contributed by atoms with E-state index in [9.17, 15) is 0 Å². The van der Waals surface area contributed by atoms with E-state index < -0.39 is 25.7 Å². The van der Waals surface area contributed by atoms with Gasteiger partial charge in [-0.25, -0.2) is 0 Å². The Morgan fingerprint density at radius 1 is 0.519 bits per heavy atom. The second-order valence-corrected chi connectivity index (χ2v) is 18.2. The molecule has 2 aromatic rings. The van der Waals surface area contributed by atoms with Crippen LogP contribution in [-0.2, 0) is 8.23 Å². The molecule has 0 saturated heterocycles. The standard InChI is InChI=1S/C18H30N2O4Si3/c1-25(2,21-17-11-7-15(19)8-12-17)23-27(5,6)24-26(3,4)22-18-13-9-16(20)10-14-18/h7-14H,19-20H2,1-6H3. The van der Waals surface area contributed by atoms with Gasteiger partial charge in [-0.05, 0) is 87.8 Å². The fourth-order valence-electron chi connectivity index (χ4n) is 2.89. The molecule has 0 aliphatic carbocycles. The fourth-order valence-corrected chi connectivity index (χ4v) is 14.6. The summed E-state index contributed by atoms with van der Waals surface area (Å²) < 4.78 is 25.0. The fraction of sp³-hybridized carbons (Fsp3) is 0.333. The van der Waals surface area contributed by atoms with Crippen LogP contribution in [0.25, 0.3) is 0 Å². The van der Waals surface area contributed by atoms with Gasteiger partial charge in [0.2, 0.25) is 0 Å². The van der Waals surface area contributed by atoms with Crippen molar-refractivity contribution in [2.24, 2.45) is 0 Å².